The number of carbonyl (C=O) groups is 1. The zero-order valence-electron chi connectivity index (χ0n) is 14.1. The highest BCUT2D eigenvalue weighted by molar-refractivity contribution is 5.74. The predicted octanol–water partition coefficient (Wildman–Crippen LogP) is 2.31. The minimum atomic E-state index is -0.0296. The summed E-state index contributed by atoms with van der Waals surface area (Å²) in [4.78, 5) is 22.0. The molecule has 1 aromatic heterocycles. The molecule has 0 fully saturated rings. The van der Waals surface area contributed by atoms with E-state index in [2.05, 4.69) is 28.3 Å². The molecule has 1 aromatic carbocycles. The van der Waals surface area contributed by atoms with Crippen LogP contribution in [-0.4, -0.2) is 33.5 Å². The van der Waals surface area contributed by atoms with Gasteiger partial charge in [0.2, 0.25) is 0 Å². The number of nitrogens with one attached hydrogen (secondary N) is 2. The van der Waals surface area contributed by atoms with E-state index in [9.17, 15) is 4.79 Å². The van der Waals surface area contributed by atoms with Gasteiger partial charge in [-0.2, -0.15) is 0 Å². The number of H-pyrrole nitrogens is 1. The summed E-state index contributed by atoms with van der Waals surface area (Å²) in [6.45, 7) is 5.85. The molecule has 0 aliphatic carbocycles. The van der Waals surface area contributed by atoms with Crippen LogP contribution in [0.2, 0.25) is 0 Å². The second-order valence-electron chi connectivity index (χ2n) is 6.65. The van der Waals surface area contributed by atoms with Crippen LogP contribution < -0.4 is 10.1 Å². The van der Waals surface area contributed by atoms with Gasteiger partial charge in [0.1, 0.15) is 17.7 Å². The van der Waals surface area contributed by atoms with Gasteiger partial charge >= 0.3 is 6.03 Å². The van der Waals surface area contributed by atoms with Crippen LogP contribution in [0.25, 0.3) is 0 Å². The lowest BCUT2D eigenvalue weighted by molar-refractivity contribution is 0.191. The Labute approximate surface area is 141 Å². The van der Waals surface area contributed by atoms with Crippen LogP contribution in [0.3, 0.4) is 0 Å². The van der Waals surface area contributed by atoms with E-state index in [0.29, 0.717) is 19.6 Å². The van der Waals surface area contributed by atoms with Gasteiger partial charge in [0, 0.05) is 25.9 Å². The fourth-order valence-corrected chi connectivity index (χ4v) is 3.48. The van der Waals surface area contributed by atoms with E-state index in [1.54, 1.807) is 0 Å². The van der Waals surface area contributed by atoms with Crippen LogP contribution in [0.15, 0.2) is 18.2 Å². The molecule has 2 aliphatic heterocycles. The molecule has 0 spiro atoms. The number of aryl methyl sites for hydroxylation is 1. The Hall–Kier alpha value is -2.50. The number of fused-ring (bicyclic) bond motifs is 2. The summed E-state index contributed by atoms with van der Waals surface area (Å²) in [5.74, 6) is 1.88. The largest absolute Gasteiger partial charge is 0.490 e. The molecule has 6 heteroatoms. The monoisotopic (exact) mass is 326 g/mol. The molecule has 4 rings (SSSR count). The highest BCUT2D eigenvalue weighted by Crippen LogP contribution is 2.29. The number of urea groups is 1. The van der Waals surface area contributed by atoms with E-state index in [-0.39, 0.29) is 12.1 Å². The molecule has 1 atom stereocenters. The molecule has 2 aromatic rings. The number of aromatic amines is 1. The maximum atomic E-state index is 12.4. The minimum absolute atomic E-state index is 0.0296. The van der Waals surface area contributed by atoms with E-state index in [1.807, 2.05) is 24.0 Å². The smallest absolute Gasteiger partial charge is 0.318 e. The van der Waals surface area contributed by atoms with Crippen LogP contribution in [0.5, 0.6) is 5.75 Å². The number of nitrogens with zero attached hydrogens (tertiary/aromatic N) is 2. The first kappa shape index (κ1) is 15.1. The molecule has 2 amide bonds. The Morgan fingerprint density at radius 2 is 2.38 bits per heavy atom. The second-order valence-corrected chi connectivity index (χ2v) is 6.65. The lowest BCUT2D eigenvalue weighted by Crippen LogP contribution is -2.42. The first-order valence-corrected chi connectivity index (χ1v) is 8.44. The summed E-state index contributed by atoms with van der Waals surface area (Å²) in [5, 5.41) is 3.02. The minimum Gasteiger partial charge on any atom is -0.490 e. The van der Waals surface area contributed by atoms with Crippen molar-refractivity contribution in [2.75, 3.05) is 6.54 Å². The molecular formula is C18H22N4O2. The first-order chi connectivity index (χ1) is 11.6. The van der Waals surface area contributed by atoms with E-state index in [4.69, 9.17) is 4.74 Å². The molecule has 0 saturated heterocycles. The maximum Gasteiger partial charge on any atom is 0.318 e. The number of benzene rings is 1. The molecule has 0 saturated carbocycles. The number of carbonyl (C=O) groups excluding carboxylic acids is 1. The van der Waals surface area contributed by atoms with Gasteiger partial charge in [-0.1, -0.05) is 12.1 Å². The number of hydrogen-bond donors (Lipinski definition) is 2. The number of imidazole rings is 1. The quantitative estimate of drug-likeness (QED) is 0.890. The molecule has 126 valence electrons. The first-order valence-electron chi connectivity index (χ1n) is 8.44. The Morgan fingerprint density at radius 3 is 3.25 bits per heavy atom. The summed E-state index contributed by atoms with van der Waals surface area (Å²) in [6.07, 6.45) is 1.98. The molecule has 6 nitrogen and oxygen atoms in total. The van der Waals surface area contributed by atoms with Crippen molar-refractivity contribution in [2.45, 2.75) is 45.9 Å². The van der Waals surface area contributed by atoms with Crippen molar-refractivity contribution in [1.29, 1.82) is 0 Å². The van der Waals surface area contributed by atoms with Gasteiger partial charge in [0.05, 0.1) is 17.9 Å². The van der Waals surface area contributed by atoms with Gasteiger partial charge < -0.3 is 19.9 Å². The number of rotatable bonds is 2. The van der Waals surface area contributed by atoms with E-state index < -0.39 is 0 Å². The average Bonchev–Trinajstić information content (AvgIpc) is 3.11. The molecular weight excluding hydrogens is 304 g/mol. The SMILES string of the molecule is Cc1nc2c([nH]1)CN(C(=O)NCc1ccc3c(c1)CC(C)O3)CC2. The number of hydrogen-bond acceptors (Lipinski definition) is 3. The topological polar surface area (TPSA) is 70.2 Å². The predicted molar refractivity (Wildman–Crippen MR) is 89.9 cm³/mol. The third-order valence-electron chi connectivity index (χ3n) is 4.64. The van der Waals surface area contributed by atoms with Gasteiger partial charge in [0.25, 0.3) is 0 Å². The molecule has 1 unspecified atom stereocenters. The van der Waals surface area contributed by atoms with Crippen LogP contribution in [0.4, 0.5) is 4.79 Å². The van der Waals surface area contributed by atoms with Gasteiger partial charge in [-0.25, -0.2) is 9.78 Å². The van der Waals surface area contributed by atoms with Crippen molar-refractivity contribution in [1.82, 2.24) is 20.2 Å². The van der Waals surface area contributed by atoms with Crippen LogP contribution in [0, 0.1) is 6.92 Å². The van der Waals surface area contributed by atoms with Crippen LogP contribution >= 0.6 is 0 Å². The molecule has 0 radical (unpaired) electrons. The van der Waals surface area contributed by atoms with Gasteiger partial charge in [-0.3, -0.25) is 0 Å². The summed E-state index contributed by atoms with van der Waals surface area (Å²) in [6, 6.07) is 6.12. The maximum absolute atomic E-state index is 12.4. The summed E-state index contributed by atoms with van der Waals surface area (Å²) in [5.41, 5.74) is 4.47. The van der Waals surface area contributed by atoms with E-state index in [0.717, 1.165) is 41.4 Å². The fraction of sp³-hybridized carbons (Fsp3) is 0.444. The fourth-order valence-electron chi connectivity index (χ4n) is 3.48. The number of amides is 2. The highest BCUT2D eigenvalue weighted by atomic mass is 16.5. The molecule has 2 aliphatic rings. The van der Waals surface area contributed by atoms with Gasteiger partial charge in [-0.05, 0) is 31.0 Å². The van der Waals surface area contributed by atoms with Crippen molar-refractivity contribution >= 4 is 6.03 Å². The Bertz CT molecular complexity index is 783. The van der Waals surface area contributed by atoms with Gasteiger partial charge in [-0.15, -0.1) is 0 Å². The van der Waals surface area contributed by atoms with Crippen molar-refractivity contribution in [2.24, 2.45) is 0 Å². The lowest BCUT2D eigenvalue weighted by atomic mass is 10.1. The van der Waals surface area contributed by atoms with Crippen molar-refractivity contribution in [3.05, 3.63) is 46.5 Å². The highest BCUT2D eigenvalue weighted by Gasteiger charge is 2.23. The third kappa shape index (κ3) is 2.84. The van der Waals surface area contributed by atoms with Crippen LogP contribution in [-0.2, 0) is 25.9 Å². The standard InChI is InChI=1S/C18H22N4O2/c1-11-7-14-8-13(3-4-17(14)24-11)9-19-18(23)22-6-5-15-16(10-22)21-12(2)20-15/h3-4,8,11H,5-7,9-10H2,1-2H3,(H,19,23)(H,20,21). The number of ether oxygens (including phenoxy) is 1. The zero-order chi connectivity index (χ0) is 16.7. The summed E-state index contributed by atoms with van der Waals surface area (Å²) < 4.78 is 5.71. The van der Waals surface area contributed by atoms with E-state index >= 15 is 0 Å². The summed E-state index contributed by atoms with van der Waals surface area (Å²) in [7, 11) is 0. The normalized spacial score (nSPS) is 18.8. The van der Waals surface area contributed by atoms with Gasteiger partial charge in [0.15, 0.2) is 0 Å². The van der Waals surface area contributed by atoms with Crippen LogP contribution in [0.1, 0.15) is 35.3 Å². The average molecular weight is 326 g/mol. The van der Waals surface area contributed by atoms with Crippen molar-refractivity contribution < 1.29 is 9.53 Å². The van der Waals surface area contributed by atoms with E-state index in [1.165, 1.54) is 5.56 Å². The Morgan fingerprint density at radius 1 is 1.50 bits per heavy atom. The second kappa shape index (κ2) is 5.85. The Kier molecular flexibility index (Phi) is 3.67. The Balaban J connectivity index is 1.37. The molecule has 24 heavy (non-hydrogen) atoms. The van der Waals surface area contributed by atoms with Crippen molar-refractivity contribution in [3.63, 3.8) is 0 Å². The summed E-state index contributed by atoms with van der Waals surface area (Å²) >= 11 is 0. The lowest BCUT2D eigenvalue weighted by Gasteiger charge is -2.26. The zero-order valence-corrected chi connectivity index (χ0v) is 14.1. The third-order valence-corrected chi connectivity index (χ3v) is 4.64. The molecule has 0 bridgehead atoms. The number of aromatic nitrogens is 2. The molecule has 2 N–H and O–H groups in total. The van der Waals surface area contributed by atoms with Crippen molar-refractivity contribution in [3.8, 4) is 5.75 Å². The molecule has 3 heterocycles.